The van der Waals surface area contributed by atoms with E-state index < -0.39 is 53.5 Å². The van der Waals surface area contributed by atoms with Crippen molar-refractivity contribution in [3.05, 3.63) is 97.1 Å². The molecule has 10 nitrogen and oxygen atoms in total. The van der Waals surface area contributed by atoms with Gasteiger partial charge in [-0.15, -0.1) is 13.2 Å². The van der Waals surface area contributed by atoms with Gasteiger partial charge in [-0.05, 0) is 43.2 Å². The molecule has 0 saturated carbocycles. The molecule has 3 saturated heterocycles. The molecule has 0 unspecified atom stereocenters. The molecule has 2 bridgehead atoms. The Bertz CT molecular complexity index is 1500. The Hall–Kier alpha value is -4.28. The lowest BCUT2D eigenvalue weighted by Crippen LogP contribution is -2.59. The third-order valence-corrected chi connectivity index (χ3v) is 10.4. The fraction of sp³-hybridized carbons (Fsp3) is 0.500. The third-order valence-electron chi connectivity index (χ3n) is 10.4. The Morgan fingerprint density at radius 3 is 2.48 bits per heavy atom. The largest absolute Gasteiger partial charge is 0.463 e. The van der Waals surface area contributed by atoms with Gasteiger partial charge in [-0.3, -0.25) is 19.2 Å². The van der Waals surface area contributed by atoms with Gasteiger partial charge >= 0.3 is 5.97 Å². The normalized spacial score (nSPS) is 24.7. The summed E-state index contributed by atoms with van der Waals surface area (Å²) in [5.74, 6) is -3.20. The number of esters is 1. The van der Waals surface area contributed by atoms with Crippen LogP contribution < -0.4 is 5.32 Å². The predicted molar refractivity (Wildman–Crippen MR) is 189 cm³/mol. The van der Waals surface area contributed by atoms with Gasteiger partial charge in [-0.2, -0.15) is 0 Å². The van der Waals surface area contributed by atoms with Crippen molar-refractivity contribution in [3.8, 4) is 0 Å². The zero-order chi connectivity index (χ0) is 35.7. The Kier molecular flexibility index (Phi) is 12.6. The maximum absolute atomic E-state index is 14.8. The lowest BCUT2D eigenvalue weighted by atomic mass is 9.70. The number of hydrogen-bond donors (Lipinski definition) is 2. The van der Waals surface area contributed by atoms with Crippen LogP contribution >= 0.6 is 0 Å². The minimum Gasteiger partial charge on any atom is -0.463 e. The first kappa shape index (κ1) is 37.0. The summed E-state index contributed by atoms with van der Waals surface area (Å²) in [5.41, 5.74) is 0.437. The first-order chi connectivity index (χ1) is 24.3. The summed E-state index contributed by atoms with van der Waals surface area (Å²) in [6.45, 7) is 10.00. The van der Waals surface area contributed by atoms with Crippen LogP contribution in [-0.2, 0) is 35.1 Å². The van der Waals surface area contributed by atoms with Gasteiger partial charge in [0.2, 0.25) is 17.7 Å². The van der Waals surface area contributed by atoms with E-state index in [1.54, 1.807) is 17.1 Å². The average molecular weight is 686 g/mol. The molecule has 5 rings (SSSR count). The van der Waals surface area contributed by atoms with Gasteiger partial charge < -0.3 is 29.7 Å². The highest BCUT2D eigenvalue weighted by Crippen LogP contribution is 2.59. The van der Waals surface area contributed by atoms with E-state index in [0.717, 1.165) is 30.4 Å². The molecule has 10 heteroatoms. The SMILES string of the molecule is C=CCCC(=O)OC[C@@H](NC(=O)[C@@H]1[C@H]2C(=O)N([C@@H](CO)Cc3ccccc3)[C@H](C(=O)N(CC=C)CCCCC)[C@]23CC[C@H]1O3)c1ccccc1. The number of fused-ring (bicyclic) bond motifs is 1. The van der Waals surface area contributed by atoms with Crippen LogP contribution in [0.25, 0.3) is 0 Å². The van der Waals surface area contributed by atoms with Crippen molar-refractivity contribution in [2.45, 2.75) is 88.1 Å². The van der Waals surface area contributed by atoms with E-state index in [2.05, 4.69) is 25.4 Å². The number of benzene rings is 2. The van der Waals surface area contributed by atoms with Crippen molar-refractivity contribution >= 4 is 23.7 Å². The van der Waals surface area contributed by atoms with Crippen LogP contribution in [0.4, 0.5) is 0 Å². The average Bonchev–Trinajstić information content (AvgIpc) is 3.79. The molecule has 2 aromatic rings. The molecule has 3 aliphatic heterocycles. The molecule has 0 aliphatic carbocycles. The van der Waals surface area contributed by atoms with E-state index in [1.165, 1.54) is 4.90 Å². The van der Waals surface area contributed by atoms with Gasteiger partial charge in [0.15, 0.2) is 0 Å². The van der Waals surface area contributed by atoms with Crippen LogP contribution in [0.2, 0.25) is 0 Å². The molecule has 50 heavy (non-hydrogen) atoms. The molecule has 3 fully saturated rings. The molecule has 268 valence electrons. The lowest BCUT2D eigenvalue weighted by molar-refractivity contribution is -0.151. The van der Waals surface area contributed by atoms with E-state index in [9.17, 15) is 24.3 Å². The van der Waals surface area contributed by atoms with Crippen molar-refractivity contribution in [2.75, 3.05) is 26.3 Å². The lowest BCUT2D eigenvalue weighted by Gasteiger charge is -2.39. The molecule has 0 radical (unpaired) electrons. The molecule has 3 aliphatic rings. The zero-order valence-corrected chi connectivity index (χ0v) is 29.1. The monoisotopic (exact) mass is 685 g/mol. The number of hydrogen-bond acceptors (Lipinski definition) is 7. The molecule has 2 N–H and O–H groups in total. The van der Waals surface area contributed by atoms with Crippen LogP contribution in [0, 0.1) is 11.8 Å². The highest BCUT2D eigenvalue weighted by atomic mass is 16.5. The number of carbonyl (C=O) groups is 4. The molecular weight excluding hydrogens is 634 g/mol. The van der Waals surface area contributed by atoms with E-state index in [0.29, 0.717) is 38.8 Å². The van der Waals surface area contributed by atoms with E-state index in [-0.39, 0.29) is 31.4 Å². The van der Waals surface area contributed by atoms with Gasteiger partial charge in [-0.25, -0.2) is 0 Å². The van der Waals surface area contributed by atoms with Gasteiger partial charge in [-0.1, -0.05) is 92.6 Å². The fourth-order valence-electron chi connectivity index (χ4n) is 8.02. The van der Waals surface area contributed by atoms with Crippen LogP contribution in [0.3, 0.4) is 0 Å². The Morgan fingerprint density at radius 2 is 1.82 bits per heavy atom. The summed E-state index contributed by atoms with van der Waals surface area (Å²) in [5, 5.41) is 13.9. The maximum Gasteiger partial charge on any atom is 0.306 e. The number of rotatable bonds is 19. The van der Waals surface area contributed by atoms with Gasteiger partial charge in [0.1, 0.15) is 18.2 Å². The zero-order valence-electron chi connectivity index (χ0n) is 29.1. The molecular formula is C40H51N3O7. The number of amides is 3. The second-order valence-electron chi connectivity index (χ2n) is 13.6. The molecule has 3 amide bonds. The summed E-state index contributed by atoms with van der Waals surface area (Å²) in [6, 6.07) is 16.4. The van der Waals surface area contributed by atoms with Crippen LogP contribution in [0.15, 0.2) is 86.0 Å². The van der Waals surface area contributed by atoms with E-state index in [1.807, 2.05) is 60.7 Å². The second-order valence-corrected chi connectivity index (χ2v) is 13.6. The predicted octanol–water partition coefficient (Wildman–Crippen LogP) is 4.54. The van der Waals surface area contributed by atoms with Crippen LogP contribution in [-0.4, -0.2) is 88.7 Å². The van der Waals surface area contributed by atoms with Gasteiger partial charge in [0.05, 0.1) is 36.6 Å². The summed E-state index contributed by atoms with van der Waals surface area (Å²) in [7, 11) is 0. The first-order valence-corrected chi connectivity index (χ1v) is 18.0. The number of ether oxygens (including phenoxy) is 2. The third kappa shape index (κ3) is 7.71. The summed E-state index contributed by atoms with van der Waals surface area (Å²) in [6.07, 6.45) is 7.43. The van der Waals surface area contributed by atoms with Crippen molar-refractivity contribution in [1.29, 1.82) is 0 Å². The minimum absolute atomic E-state index is 0.0844. The molecule has 0 aromatic heterocycles. The Labute approximate surface area is 295 Å². The molecule has 7 atom stereocenters. The van der Waals surface area contributed by atoms with Gasteiger partial charge in [0, 0.05) is 19.5 Å². The van der Waals surface area contributed by atoms with Gasteiger partial charge in [0.25, 0.3) is 0 Å². The first-order valence-electron chi connectivity index (χ1n) is 18.0. The summed E-state index contributed by atoms with van der Waals surface area (Å²) >= 11 is 0. The fourth-order valence-corrected chi connectivity index (χ4v) is 8.02. The number of carbonyl (C=O) groups excluding carboxylic acids is 4. The topological polar surface area (TPSA) is 125 Å². The quantitative estimate of drug-likeness (QED) is 0.126. The van der Waals surface area contributed by atoms with E-state index in [4.69, 9.17) is 9.47 Å². The van der Waals surface area contributed by atoms with Crippen LogP contribution in [0.5, 0.6) is 0 Å². The molecule has 2 aromatic carbocycles. The Morgan fingerprint density at radius 1 is 1.10 bits per heavy atom. The second kappa shape index (κ2) is 17.1. The standard InChI is InChI=1S/C40H51N3O7/c1-4-7-15-24-42(23-6-3)39(48)36-40-22-21-32(50-40)34(35(40)38(47)43(36)30(26-44)25-28-16-11-9-12-17-28)37(46)41-31(29-18-13-10-14-19-29)27-49-33(45)20-8-5-2/h5-6,9-14,16-19,30-32,34-36,44H,2-4,7-8,15,20-27H2,1H3,(H,41,46)/t30-,31-,32-,34+,35+,36-,40+/m1/s1. The summed E-state index contributed by atoms with van der Waals surface area (Å²) in [4.78, 5) is 59.5. The van der Waals surface area contributed by atoms with Crippen molar-refractivity contribution in [3.63, 3.8) is 0 Å². The number of nitrogens with zero attached hydrogens (tertiary/aromatic N) is 2. The highest BCUT2D eigenvalue weighted by molar-refractivity contribution is 5.99. The number of aliphatic hydroxyl groups is 1. The summed E-state index contributed by atoms with van der Waals surface area (Å²) < 4.78 is 12.3. The highest BCUT2D eigenvalue weighted by Gasteiger charge is 2.75. The molecule has 1 spiro atoms. The Balaban J connectivity index is 1.48. The van der Waals surface area contributed by atoms with Crippen molar-refractivity contribution < 1.29 is 33.8 Å². The van der Waals surface area contributed by atoms with Crippen molar-refractivity contribution in [1.82, 2.24) is 15.1 Å². The number of allylic oxidation sites excluding steroid dienone is 1. The minimum atomic E-state index is -1.23. The number of likely N-dealkylation sites (tertiary alicyclic amines) is 1. The van der Waals surface area contributed by atoms with Crippen LogP contribution in [0.1, 0.15) is 69.0 Å². The number of nitrogens with one attached hydrogen (secondary N) is 1. The molecule has 3 heterocycles. The maximum atomic E-state index is 14.8. The number of aliphatic hydroxyl groups excluding tert-OH is 1. The van der Waals surface area contributed by atoms with E-state index >= 15 is 0 Å². The number of unbranched alkanes of at least 4 members (excludes halogenated alkanes) is 2. The van der Waals surface area contributed by atoms with Crippen molar-refractivity contribution in [2.24, 2.45) is 11.8 Å². The smallest absolute Gasteiger partial charge is 0.306 e.